The van der Waals surface area contributed by atoms with Crippen molar-refractivity contribution in [3.63, 3.8) is 0 Å². The average Bonchev–Trinajstić information content (AvgIpc) is 2.77. The number of nitrogens with one attached hydrogen (secondary N) is 1. The maximum absolute atomic E-state index is 12.8. The van der Waals surface area contributed by atoms with Crippen LogP contribution in [0.15, 0.2) is 82.6 Å². The molecule has 0 aromatic heterocycles. The SMILES string of the molecule is Cl.NC(=O)c1cc(S(=O)(=O)c2ccc(CCNC[C@@H](O)c3ccccc3)cc2)ccc1O. The number of aliphatic hydroxyl groups excluding tert-OH is 1. The summed E-state index contributed by atoms with van der Waals surface area (Å²) in [4.78, 5) is 11.3. The largest absolute Gasteiger partial charge is 0.507 e. The monoisotopic (exact) mass is 476 g/mol. The molecule has 0 aliphatic heterocycles. The topological polar surface area (TPSA) is 130 Å². The molecule has 3 aromatic rings. The summed E-state index contributed by atoms with van der Waals surface area (Å²) >= 11 is 0. The van der Waals surface area contributed by atoms with Gasteiger partial charge in [0.25, 0.3) is 5.91 Å². The number of aliphatic hydroxyl groups is 1. The Bertz CT molecular complexity index is 1150. The molecule has 1 amide bonds. The number of phenols is 1. The van der Waals surface area contributed by atoms with Gasteiger partial charge in [-0.25, -0.2) is 8.42 Å². The van der Waals surface area contributed by atoms with Crippen LogP contribution in [0, 0.1) is 0 Å². The first-order valence-electron chi connectivity index (χ1n) is 9.69. The van der Waals surface area contributed by atoms with E-state index in [1.54, 1.807) is 12.1 Å². The lowest BCUT2D eigenvalue weighted by Crippen LogP contribution is -2.23. The van der Waals surface area contributed by atoms with Crippen molar-refractivity contribution in [3.05, 3.63) is 89.5 Å². The van der Waals surface area contributed by atoms with Gasteiger partial charge in [0.1, 0.15) is 5.75 Å². The third-order valence-electron chi connectivity index (χ3n) is 4.89. The number of amides is 1. The number of carbonyl (C=O) groups is 1. The lowest BCUT2D eigenvalue weighted by molar-refractivity contribution is 0.0997. The highest BCUT2D eigenvalue weighted by Gasteiger charge is 2.20. The van der Waals surface area contributed by atoms with Crippen LogP contribution >= 0.6 is 12.4 Å². The van der Waals surface area contributed by atoms with E-state index in [0.717, 1.165) is 23.3 Å². The minimum absolute atomic E-state index is 0. The predicted molar refractivity (Wildman–Crippen MR) is 124 cm³/mol. The zero-order valence-corrected chi connectivity index (χ0v) is 18.8. The molecule has 0 aliphatic carbocycles. The average molecular weight is 477 g/mol. The number of carbonyl (C=O) groups excluding carboxylic acids is 1. The first kappa shape index (κ1) is 25.4. The van der Waals surface area contributed by atoms with Gasteiger partial charge in [0.05, 0.1) is 21.5 Å². The predicted octanol–water partition coefficient (Wildman–Crippen LogP) is 2.61. The summed E-state index contributed by atoms with van der Waals surface area (Å²) < 4.78 is 25.7. The molecule has 32 heavy (non-hydrogen) atoms. The van der Waals surface area contributed by atoms with Gasteiger partial charge in [-0.15, -0.1) is 12.4 Å². The molecule has 0 saturated heterocycles. The van der Waals surface area contributed by atoms with Crippen molar-refractivity contribution in [1.82, 2.24) is 5.32 Å². The molecule has 170 valence electrons. The second-order valence-corrected chi connectivity index (χ2v) is 9.02. The molecule has 5 N–H and O–H groups in total. The number of benzene rings is 3. The number of halogens is 1. The summed E-state index contributed by atoms with van der Waals surface area (Å²) in [5, 5.41) is 23.0. The molecule has 0 bridgehead atoms. The Kier molecular flexibility index (Phi) is 8.80. The number of rotatable bonds is 9. The third-order valence-corrected chi connectivity index (χ3v) is 6.66. The zero-order valence-electron chi connectivity index (χ0n) is 17.1. The van der Waals surface area contributed by atoms with Crippen LogP contribution in [0.4, 0.5) is 0 Å². The molecule has 3 rings (SSSR count). The van der Waals surface area contributed by atoms with Gasteiger partial charge in [0.2, 0.25) is 9.84 Å². The number of nitrogens with two attached hydrogens (primary N) is 1. The minimum atomic E-state index is -3.86. The maximum atomic E-state index is 12.8. The van der Waals surface area contributed by atoms with E-state index in [0.29, 0.717) is 19.5 Å². The van der Waals surface area contributed by atoms with E-state index in [9.17, 15) is 23.4 Å². The minimum Gasteiger partial charge on any atom is -0.507 e. The molecule has 7 nitrogen and oxygen atoms in total. The molecule has 0 heterocycles. The van der Waals surface area contributed by atoms with Crippen LogP contribution in [0.25, 0.3) is 0 Å². The number of hydrogen-bond acceptors (Lipinski definition) is 6. The molecule has 0 radical (unpaired) electrons. The van der Waals surface area contributed by atoms with Gasteiger partial charge < -0.3 is 21.3 Å². The fourth-order valence-electron chi connectivity index (χ4n) is 3.12. The summed E-state index contributed by atoms with van der Waals surface area (Å²) in [5.41, 5.74) is 6.71. The van der Waals surface area contributed by atoms with Crippen LogP contribution in [0.2, 0.25) is 0 Å². The molecule has 0 aliphatic rings. The second kappa shape index (κ2) is 11.1. The third kappa shape index (κ3) is 6.08. The lowest BCUT2D eigenvalue weighted by Gasteiger charge is -2.12. The summed E-state index contributed by atoms with van der Waals surface area (Å²) in [6.07, 6.45) is 0.0664. The van der Waals surface area contributed by atoms with E-state index >= 15 is 0 Å². The zero-order chi connectivity index (χ0) is 22.4. The van der Waals surface area contributed by atoms with Crippen LogP contribution in [-0.4, -0.2) is 37.6 Å². The van der Waals surface area contributed by atoms with Crippen molar-refractivity contribution >= 4 is 28.2 Å². The number of sulfone groups is 1. The summed E-state index contributed by atoms with van der Waals surface area (Å²) in [5.74, 6) is -1.28. The van der Waals surface area contributed by atoms with Crippen molar-refractivity contribution in [1.29, 1.82) is 0 Å². The Morgan fingerprint density at radius 1 is 0.969 bits per heavy atom. The lowest BCUT2D eigenvalue weighted by atomic mass is 10.1. The summed E-state index contributed by atoms with van der Waals surface area (Å²) in [6, 6.07) is 19.3. The molecule has 1 atom stereocenters. The molecule has 0 fully saturated rings. The quantitative estimate of drug-likeness (QED) is 0.351. The Morgan fingerprint density at radius 2 is 1.59 bits per heavy atom. The number of aromatic hydroxyl groups is 1. The van der Waals surface area contributed by atoms with Gasteiger partial charge in [0, 0.05) is 6.54 Å². The molecule has 0 unspecified atom stereocenters. The molecule has 0 saturated carbocycles. The van der Waals surface area contributed by atoms with E-state index in [2.05, 4.69) is 5.32 Å². The standard InChI is InChI=1S/C23H24N2O5S.ClH/c24-23(28)20-14-19(10-11-21(20)26)31(29,30)18-8-6-16(7-9-18)12-13-25-15-22(27)17-4-2-1-3-5-17;/h1-11,14,22,25-27H,12-13,15H2,(H2,24,28);1H/t22-;/m1./s1. The highest BCUT2D eigenvalue weighted by atomic mass is 35.5. The fourth-order valence-corrected chi connectivity index (χ4v) is 4.40. The Balaban J connectivity index is 0.00000363. The van der Waals surface area contributed by atoms with Crippen LogP contribution in [-0.2, 0) is 16.3 Å². The van der Waals surface area contributed by atoms with Crippen molar-refractivity contribution in [3.8, 4) is 5.75 Å². The van der Waals surface area contributed by atoms with E-state index < -0.39 is 21.8 Å². The van der Waals surface area contributed by atoms with Crippen molar-refractivity contribution < 1.29 is 23.4 Å². The number of hydrogen-bond donors (Lipinski definition) is 4. The van der Waals surface area contributed by atoms with E-state index in [4.69, 9.17) is 5.73 Å². The Morgan fingerprint density at radius 3 is 2.22 bits per heavy atom. The van der Waals surface area contributed by atoms with Crippen LogP contribution in [0.1, 0.15) is 27.6 Å². The molecule has 0 spiro atoms. The second-order valence-electron chi connectivity index (χ2n) is 7.07. The van der Waals surface area contributed by atoms with Crippen molar-refractivity contribution in [2.75, 3.05) is 13.1 Å². The van der Waals surface area contributed by atoms with Gasteiger partial charge in [-0.3, -0.25) is 4.79 Å². The summed E-state index contributed by atoms with van der Waals surface area (Å²) in [7, 11) is -3.86. The molecular weight excluding hydrogens is 452 g/mol. The number of primary amides is 1. The van der Waals surface area contributed by atoms with Crippen molar-refractivity contribution in [2.24, 2.45) is 5.73 Å². The van der Waals surface area contributed by atoms with Crippen LogP contribution in [0.5, 0.6) is 5.75 Å². The first-order chi connectivity index (χ1) is 14.8. The van der Waals surface area contributed by atoms with Crippen LogP contribution < -0.4 is 11.1 Å². The molecule has 3 aromatic carbocycles. The smallest absolute Gasteiger partial charge is 0.252 e. The summed E-state index contributed by atoms with van der Waals surface area (Å²) in [6.45, 7) is 1.04. The Hall–Kier alpha value is -2.91. The molecular formula is C23H25ClN2O5S. The van der Waals surface area contributed by atoms with Gasteiger partial charge in [-0.1, -0.05) is 42.5 Å². The van der Waals surface area contributed by atoms with Gasteiger partial charge in [-0.05, 0) is 54.4 Å². The van der Waals surface area contributed by atoms with E-state index in [1.165, 1.54) is 18.2 Å². The molecule has 9 heteroatoms. The van der Waals surface area contributed by atoms with Gasteiger partial charge in [-0.2, -0.15) is 0 Å². The fraction of sp³-hybridized carbons (Fsp3) is 0.174. The van der Waals surface area contributed by atoms with Crippen molar-refractivity contribution in [2.45, 2.75) is 22.3 Å². The highest BCUT2D eigenvalue weighted by Crippen LogP contribution is 2.26. The maximum Gasteiger partial charge on any atom is 0.252 e. The van der Waals surface area contributed by atoms with E-state index in [1.807, 2.05) is 30.3 Å². The highest BCUT2D eigenvalue weighted by molar-refractivity contribution is 7.91. The van der Waals surface area contributed by atoms with Gasteiger partial charge >= 0.3 is 0 Å². The van der Waals surface area contributed by atoms with Gasteiger partial charge in [0.15, 0.2) is 0 Å². The van der Waals surface area contributed by atoms with E-state index in [-0.39, 0.29) is 33.5 Å². The first-order valence-corrected chi connectivity index (χ1v) is 11.2. The normalized spacial score (nSPS) is 12.0. The van der Waals surface area contributed by atoms with Crippen LogP contribution in [0.3, 0.4) is 0 Å². The Labute approximate surface area is 193 Å².